The zero-order valence-corrected chi connectivity index (χ0v) is 12.1. The quantitative estimate of drug-likeness (QED) is 0.888. The highest BCUT2D eigenvalue weighted by atomic mass is 35.5. The topological polar surface area (TPSA) is 50.4 Å². The summed E-state index contributed by atoms with van der Waals surface area (Å²) in [7, 11) is 1.59. The van der Waals surface area contributed by atoms with E-state index in [2.05, 4.69) is 10.6 Å². The molecule has 4 nitrogen and oxygen atoms in total. The van der Waals surface area contributed by atoms with E-state index in [9.17, 15) is 9.18 Å². The van der Waals surface area contributed by atoms with Gasteiger partial charge in [0.15, 0.2) is 0 Å². The van der Waals surface area contributed by atoms with E-state index in [4.69, 9.17) is 16.3 Å². The van der Waals surface area contributed by atoms with Crippen LogP contribution < -0.4 is 15.4 Å². The van der Waals surface area contributed by atoms with Crippen molar-refractivity contribution in [3.63, 3.8) is 0 Å². The summed E-state index contributed by atoms with van der Waals surface area (Å²) in [5.41, 5.74) is 1.16. The largest absolute Gasteiger partial charge is 0.497 e. The Morgan fingerprint density at radius 2 is 1.95 bits per heavy atom. The number of benzene rings is 2. The number of carbonyl (C=O) groups is 1. The molecular weight excluding hydrogens is 295 g/mol. The van der Waals surface area contributed by atoms with Crippen LogP contribution in [0.1, 0.15) is 0 Å². The lowest BCUT2D eigenvalue weighted by molar-refractivity contribution is -0.114. The number of halogens is 2. The number of hydrogen-bond acceptors (Lipinski definition) is 3. The lowest BCUT2D eigenvalue weighted by Gasteiger charge is -2.09. The molecule has 21 heavy (non-hydrogen) atoms. The maximum absolute atomic E-state index is 12.9. The normalized spacial score (nSPS) is 10.0. The Balaban J connectivity index is 1.89. The Morgan fingerprint density at radius 3 is 2.57 bits per heavy atom. The van der Waals surface area contributed by atoms with Crippen LogP contribution in [-0.4, -0.2) is 19.6 Å². The number of ether oxygens (including phenoxy) is 1. The van der Waals surface area contributed by atoms with Gasteiger partial charge in [-0.25, -0.2) is 4.39 Å². The number of methoxy groups -OCH3 is 1. The number of carbonyl (C=O) groups excluding carboxylic acids is 1. The van der Waals surface area contributed by atoms with E-state index in [1.807, 2.05) is 0 Å². The van der Waals surface area contributed by atoms with Gasteiger partial charge in [0.25, 0.3) is 0 Å². The van der Waals surface area contributed by atoms with Crippen LogP contribution in [0, 0.1) is 5.82 Å². The number of anilines is 2. The molecule has 0 fully saturated rings. The van der Waals surface area contributed by atoms with Crippen molar-refractivity contribution in [2.75, 3.05) is 24.3 Å². The number of nitrogens with one attached hydrogen (secondary N) is 2. The third-order valence-corrected chi connectivity index (χ3v) is 3.06. The summed E-state index contributed by atoms with van der Waals surface area (Å²) in [5, 5.41) is 5.73. The third-order valence-electron chi connectivity index (χ3n) is 2.75. The Hall–Kier alpha value is -2.27. The molecule has 0 aromatic heterocycles. The van der Waals surface area contributed by atoms with Crippen molar-refractivity contribution in [1.82, 2.24) is 0 Å². The van der Waals surface area contributed by atoms with Crippen LogP contribution in [0.25, 0.3) is 0 Å². The predicted molar refractivity (Wildman–Crippen MR) is 81.5 cm³/mol. The summed E-state index contributed by atoms with van der Waals surface area (Å²) in [5.74, 6) is 0.0109. The second-order valence-corrected chi connectivity index (χ2v) is 4.66. The standard InChI is InChI=1S/C15H14ClFN2O2/c1-21-12-5-3-11(4-6-12)18-9-15(20)19-14-7-2-10(17)8-13(14)16/h2-8,18H,9H2,1H3,(H,19,20). The van der Waals surface area contributed by atoms with Gasteiger partial charge >= 0.3 is 0 Å². The van der Waals surface area contributed by atoms with Gasteiger partial charge in [0.1, 0.15) is 11.6 Å². The molecule has 0 saturated heterocycles. The zero-order chi connectivity index (χ0) is 15.2. The van der Waals surface area contributed by atoms with E-state index in [1.54, 1.807) is 31.4 Å². The van der Waals surface area contributed by atoms with E-state index in [0.717, 1.165) is 17.5 Å². The van der Waals surface area contributed by atoms with Crippen LogP contribution in [0.3, 0.4) is 0 Å². The minimum atomic E-state index is -0.450. The molecule has 0 saturated carbocycles. The Morgan fingerprint density at radius 1 is 1.24 bits per heavy atom. The molecule has 0 aliphatic heterocycles. The van der Waals surface area contributed by atoms with Crippen LogP contribution in [0.4, 0.5) is 15.8 Å². The summed E-state index contributed by atoms with van der Waals surface area (Å²) in [6.45, 7) is 0.0695. The molecule has 0 aliphatic carbocycles. The van der Waals surface area contributed by atoms with Crippen molar-refractivity contribution in [1.29, 1.82) is 0 Å². The van der Waals surface area contributed by atoms with Crippen LogP contribution >= 0.6 is 11.6 Å². The molecule has 2 rings (SSSR count). The molecule has 2 aromatic carbocycles. The first-order valence-electron chi connectivity index (χ1n) is 6.21. The molecule has 0 aliphatic rings. The lowest BCUT2D eigenvalue weighted by Crippen LogP contribution is -2.21. The smallest absolute Gasteiger partial charge is 0.243 e. The SMILES string of the molecule is COc1ccc(NCC(=O)Nc2ccc(F)cc2Cl)cc1. The second kappa shape index (κ2) is 6.95. The molecule has 0 unspecified atom stereocenters. The zero-order valence-electron chi connectivity index (χ0n) is 11.3. The maximum Gasteiger partial charge on any atom is 0.243 e. The fraction of sp³-hybridized carbons (Fsp3) is 0.133. The first kappa shape index (κ1) is 15.1. The highest BCUT2D eigenvalue weighted by Crippen LogP contribution is 2.22. The minimum absolute atomic E-state index is 0.0695. The molecule has 0 bridgehead atoms. The highest BCUT2D eigenvalue weighted by molar-refractivity contribution is 6.33. The fourth-order valence-electron chi connectivity index (χ4n) is 1.68. The first-order valence-corrected chi connectivity index (χ1v) is 6.59. The van der Waals surface area contributed by atoms with Crippen molar-refractivity contribution < 1.29 is 13.9 Å². The first-order chi connectivity index (χ1) is 10.1. The third kappa shape index (κ3) is 4.36. The molecule has 110 valence electrons. The summed E-state index contributed by atoms with van der Waals surface area (Å²) in [4.78, 5) is 11.8. The van der Waals surface area contributed by atoms with Crippen molar-refractivity contribution >= 4 is 28.9 Å². The van der Waals surface area contributed by atoms with Crippen LogP contribution in [0.5, 0.6) is 5.75 Å². The molecule has 6 heteroatoms. The van der Waals surface area contributed by atoms with Crippen LogP contribution in [0.2, 0.25) is 5.02 Å². The number of amides is 1. The molecule has 0 heterocycles. The van der Waals surface area contributed by atoms with E-state index in [1.165, 1.54) is 12.1 Å². The van der Waals surface area contributed by atoms with Gasteiger partial charge < -0.3 is 15.4 Å². The summed E-state index contributed by atoms with van der Waals surface area (Å²) in [6, 6.07) is 11.0. The van der Waals surface area contributed by atoms with E-state index >= 15 is 0 Å². The molecule has 2 N–H and O–H groups in total. The molecule has 0 spiro atoms. The summed E-state index contributed by atoms with van der Waals surface area (Å²) < 4.78 is 17.9. The number of hydrogen-bond donors (Lipinski definition) is 2. The van der Waals surface area contributed by atoms with Gasteiger partial charge in [0.2, 0.25) is 5.91 Å². The molecule has 0 radical (unpaired) electrons. The van der Waals surface area contributed by atoms with Crippen molar-refractivity contribution in [3.05, 3.63) is 53.3 Å². The maximum atomic E-state index is 12.9. The minimum Gasteiger partial charge on any atom is -0.497 e. The van der Waals surface area contributed by atoms with Crippen molar-refractivity contribution in [2.45, 2.75) is 0 Å². The molecule has 2 aromatic rings. The molecule has 1 amide bonds. The van der Waals surface area contributed by atoms with Gasteiger partial charge in [-0.2, -0.15) is 0 Å². The fourth-order valence-corrected chi connectivity index (χ4v) is 1.89. The number of rotatable bonds is 5. The van der Waals surface area contributed by atoms with Crippen molar-refractivity contribution in [3.8, 4) is 5.75 Å². The van der Waals surface area contributed by atoms with Gasteiger partial charge in [-0.1, -0.05) is 11.6 Å². The average molecular weight is 309 g/mol. The summed E-state index contributed by atoms with van der Waals surface area (Å²) in [6.07, 6.45) is 0. The van der Waals surface area contributed by atoms with Gasteiger partial charge in [-0.05, 0) is 42.5 Å². The second-order valence-electron chi connectivity index (χ2n) is 4.25. The summed E-state index contributed by atoms with van der Waals surface area (Å²) >= 11 is 5.84. The highest BCUT2D eigenvalue weighted by Gasteiger charge is 2.06. The van der Waals surface area contributed by atoms with E-state index < -0.39 is 5.82 Å². The van der Waals surface area contributed by atoms with Gasteiger partial charge in [-0.15, -0.1) is 0 Å². The van der Waals surface area contributed by atoms with E-state index in [-0.39, 0.29) is 17.5 Å². The Kier molecular flexibility index (Phi) is 5.00. The monoisotopic (exact) mass is 308 g/mol. The predicted octanol–water partition coefficient (Wildman–Crippen LogP) is 3.54. The molecule has 0 atom stereocenters. The van der Waals surface area contributed by atoms with Crippen LogP contribution in [-0.2, 0) is 4.79 Å². The van der Waals surface area contributed by atoms with Gasteiger partial charge in [0.05, 0.1) is 24.4 Å². The lowest BCUT2D eigenvalue weighted by atomic mass is 10.3. The average Bonchev–Trinajstić information content (AvgIpc) is 2.48. The Bertz CT molecular complexity index is 632. The van der Waals surface area contributed by atoms with Gasteiger partial charge in [0, 0.05) is 5.69 Å². The van der Waals surface area contributed by atoms with Crippen molar-refractivity contribution in [2.24, 2.45) is 0 Å². The van der Waals surface area contributed by atoms with Crippen LogP contribution in [0.15, 0.2) is 42.5 Å². The molecular formula is C15H14ClFN2O2. The van der Waals surface area contributed by atoms with E-state index in [0.29, 0.717) is 5.69 Å². The van der Waals surface area contributed by atoms with Gasteiger partial charge in [-0.3, -0.25) is 4.79 Å². The Labute approximate surface area is 126 Å².